The van der Waals surface area contributed by atoms with E-state index in [9.17, 15) is 0 Å². The van der Waals surface area contributed by atoms with E-state index in [1.807, 2.05) is 6.07 Å². The van der Waals surface area contributed by atoms with Crippen molar-refractivity contribution >= 4 is 0 Å². The SMILES string of the molecule is CCOCC1CCN(C)C2(C1)CN(Cc1cc(OC)cc(OC)c1)C2. The standard InChI is InChI=1S/C20H32N2O3/c1-5-25-13-16-6-7-21(2)20(11-16)14-22(15-20)12-17-8-18(23-3)10-19(9-17)24-4/h8-10,16H,5-7,11-15H2,1-4H3. The predicted octanol–water partition coefficient (Wildman–Crippen LogP) is 2.64. The fourth-order valence-electron chi connectivity index (χ4n) is 4.32. The Morgan fingerprint density at radius 1 is 1.12 bits per heavy atom. The molecule has 0 aromatic heterocycles. The molecule has 0 radical (unpaired) electrons. The summed E-state index contributed by atoms with van der Waals surface area (Å²) in [5.41, 5.74) is 1.58. The van der Waals surface area contributed by atoms with Crippen molar-refractivity contribution in [3.8, 4) is 11.5 Å². The Kier molecular flexibility index (Phi) is 5.87. The first-order chi connectivity index (χ1) is 12.1. The lowest BCUT2D eigenvalue weighted by molar-refractivity contribution is -0.0922. The maximum atomic E-state index is 5.68. The summed E-state index contributed by atoms with van der Waals surface area (Å²) in [4.78, 5) is 5.09. The molecule has 5 nitrogen and oxygen atoms in total. The molecule has 2 saturated heterocycles. The van der Waals surface area contributed by atoms with Crippen LogP contribution in [0.25, 0.3) is 0 Å². The summed E-state index contributed by atoms with van der Waals surface area (Å²) in [5, 5.41) is 0. The highest BCUT2D eigenvalue weighted by atomic mass is 16.5. The van der Waals surface area contributed by atoms with Gasteiger partial charge in [-0.2, -0.15) is 0 Å². The van der Waals surface area contributed by atoms with Crippen LogP contribution in [0.5, 0.6) is 11.5 Å². The Bertz CT molecular complexity index is 548. The fourth-order valence-corrected chi connectivity index (χ4v) is 4.32. The van der Waals surface area contributed by atoms with Gasteiger partial charge in [0.1, 0.15) is 11.5 Å². The number of nitrogens with zero attached hydrogens (tertiary/aromatic N) is 2. The van der Waals surface area contributed by atoms with Crippen LogP contribution in [-0.4, -0.2) is 69.5 Å². The summed E-state index contributed by atoms with van der Waals surface area (Å²) >= 11 is 0. The van der Waals surface area contributed by atoms with E-state index in [2.05, 4.69) is 35.9 Å². The third-order valence-electron chi connectivity index (χ3n) is 5.76. The molecule has 3 rings (SSSR count). The van der Waals surface area contributed by atoms with E-state index in [1.165, 1.54) is 24.9 Å². The number of methoxy groups -OCH3 is 2. The monoisotopic (exact) mass is 348 g/mol. The van der Waals surface area contributed by atoms with Gasteiger partial charge in [-0.15, -0.1) is 0 Å². The number of likely N-dealkylation sites (tertiary alicyclic amines) is 2. The van der Waals surface area contributed by atoms with E-state index in [4.69, 9.17) is 14.2 Å². The molecule has 1 aromatic carbocycles. The second-order valence-electron chi connectivity index (χ2n) is 7.53. The lowest BCUT2D eigenvalue weighted by Gasteiger charge is -2.58. The van der Waals surface area contributed by atoms with Gasteiger partial charge in [0.05, 0.1) is 14.2 Å². The van der Waals surface area contributed by atoms with Crippen LogP contribution in [0.2, 0.25) is 0 Å². The number of hydrogen-bond acceptors (Lipinski definition) is 5. The van der Waals surface area contributed by atoms with Gasteiger partial charge in [-0.3, -0.25) is 9.80 Å². The zero-order valence-corrected chi connectivity index (χ0v) is 16.1. The molecule has 1 aromatic rings. The molecule has 2 heterocycles. The average Bonchev–Trinajstić information content (AvgIpc) is 2.60. The lowest BCUT2D eigenvalue weighted by Crippen LogP contribution is -2.71. The summed E-state index contributed by atoms with van der Waals surface area (Å²) in [6, 6.07) is 6.14. The molecule has 1 atom stereocenters. The molecule has 0 bridgehead atoms. The Balaban J connectivity index is 1.59. The molecule has 2 aliphatic rings. The molecule has 0 N–H and O–H groups in total. The normalized spacial score (nSPS) is 23.4. The number of rotatable bonds is 7. The minimum Gasteiger partial charge on any atom is -0.497 e. The van der Waals surface area contributed by atoms with Crippen molar-refractivity contribution in [2.45, 2.75) is 31.8 Å². The van der Waals surface area contributed by atoms with Crippen LogP contribution < -0.4 is 9.47 Å². The highest BCUT2D eigenvalue weighted by molar-refractivity contribution is 5.38. The lowest BCUT2D eigenvalue weighted by atomic mass is 9.75. The quantitative estimate of drug-likeness (QED) is 0.757. The maximum absolute atomic E-state index is 5.68. The fraction of sp³-hybridized carbons (Fsp3) is 0.700. The van der Waals surface area contributed by atoms with Crippen LogP contribution in [0.1, 0.15) is 25.3 Å². The van der Waals surface area contributed by atoms with Gasteiger partial charge in [-0.05, 0) is 57.0 Å². The Morgan fingerprint density at radius 3 is 2.40 bits per heavy atom. The van der Waals surface area contributed by atoms with Gasteiger partial charge in [0, 0.05) is 44.5 Å². The summed E-state index contributed by atoms with van der Waals surface area (Å²) in [7, 11) is 5.68. The largest absolute Gasteiger partial charge is 0.497 e. The highest BCUT2D eigenvalue weighted by Gasteiger charge is 2.49. The van der Waals surface area contributed by atoms with Crippen LogP contribution in [0.3, 0.4) is 0 Å². The van der Waals surface area contributed by atoms with Crippen molar-refractivity contribution in [2.75, 3.05) is 54.1 Å². The third kappa shape index (κ3) is 4.10. The van der Waals surface area contributed by atoms with Crippen molar-refractivity contribution < 1.29 is 14.2 Å². The summed E-state index contributed by atoms with van der Waals surface area (Å²) in [6.45, 7) is 8.20. The van der Waals surface area contributed by atoms with E-state index in [1.54, 1.807) is 14.2 Å². The van der Waals surface area contributed by atoms with Gasteiger partial charge in [-0.1, -0.05) is 0 Å². The number of piperidine rings is 1. The Labute approximate surface area is 151 Å². The first kappa shape index (κ1) is 18.5. The molecule has 5 heteroatoms. The number of likely N-dealkylation sites (N-methyl/N-ethyl adjacent to an activating group) is 1. The van der Waals surface area contributed by atoms with Gasteiger partial charge < -0.3 is 14.2 Å². The summed E-state index contributed by atoms with van der Waals surface area (Å²) in [6.07, 6.45) is 2.51. The van der Waals surface area contributed by atoms with Gasteiger partial charge in [0.2, 0.25) is 0 Å². The molecular formula is C20H32N2O3. The van der Waals surface area contributed by atoms with Crippen molar-refractivity contribution in [2.24, 2.45) is 5.92 Å². The molecule has 25 heavy (non-hydrogen) atoms. The van der Waals surface area contributed by atoms with Gasteiger partial charge in [-0.25, -0.2) is 0 Å². The highest BCUT2D eigenvalue weighted by Crippen LogP contribution is 2.39. The Morgan fingerprint density at radius 2 is 1.80 bits per heavy atom. The summed E-state index contributed by atoms with van der Waals surface area (Å²) in [5.74, 6) is 2.42. The van der Waals surface area contributed by atoms with Crippen LogP contribution >= 0.6 is 0 Å². The number of hydrogen-bond donors (Lipinski definition) is 0. The van der Waals surface area contributed by atoms with Gasteiger partial charge >= 0.3 is 0 Å². The molecule has 2 fully saturated rings. The molecule has 1 spiro atoms. The van der Waals surface area contributed by atoms with Crippen LogP contribution in [-0.2, 0) is 11.3 Å². The van der Waals surface area contributed by atoms with Crippen LogP contribution in [0.4, 0.5) is 0 Å². The van der Waals surface area contributed by atoms with E-state index < -0.39 is 0 Å². The molecule has 140 valence electrons. The zero-order valence-electron chi connectivity index (χ0n) is 16.1. The van der Waals surface area contributed by atoms with E-state index in [-0.39, 0.29) is 0 Å². The molecule has 0 aliphatic carbocycles. The predicted molar refractivity (Wildman–Crippen MR) is 99.4 cm³/mol. The molecular weight excluding hydrogens is 316 g/mol. The van der Waals surface area contributed by atoms with Crippen molar-refractivity contribution in [3.63, 3.8) is 0 Å². The number of benzene rings is 1. The minimum absolute atomic E-state index is 0.336. The van der Waals surface area contributed by atoms with Crippen molar-refractivity contribution in [1.82, 2.24) is 9.80 Å². The van der Waals surface area contributed by atoms with Gasteiger partial charge in [0.15, 0.2) is 0 Å². The second kappa shape index (κ2) is 7.94. The topological polar surface area (TPSA) is 34.2 Å². The first-order valence-corrected chi connectivity index (χ1v) is 9.32. The third-order valence-corrected chi connectivity index (χ3v) is 5.76. The van der Waals surface area contributed by atoms with Crippen molar-refractivity contribution in [1.29, 1.82) is 0 Å². The molecule has 2 aliphatic heterocycles. The molecule has 1 unspecified atom stereocenters. The zero-order chi connectivity index (χ0) is 17.9. The van der Waals surface area contributed by atoms with Crippen molar-refractivity contribution in [3.05, 3.63) is 23.8 Å². The van der Waals surface area contributed by atoms with Gasteiger partial charge in [0.25, 0.3) is 0 Å². The number of ether oxygens (including phenoxy) is 3. The van der Waals surface area contributed by atoms with E-state index in [0.717, 1.165) is 44.3 Å². The van der Waals surface area contributed by atoms with Crippen LogP contribution in [0.15, 0.2) is 18.2 Å². The van der Waals surface area contributed by atoms with Crippen LogP contribution in [0, 0.1) is 5.92 Å². The smallest absolute Gasteiger partial charge is 0.122 e. The molecule has 0 saturated carbocycles. The van der Waals surface area contributed by atoms with E-state index in [0.29, 0.717) is 11.5 Å². The Hall–Kier alpha value is -1.30. The molecule has 0 amide bonds. The average molecular weight is 348 g/mol. The minimum atomic E-state index is 0.336. The second-order valence-corrected chi connectivity index (χ2v) is 7.53. The van der Waals surface area contributed by atoms with E-state index >= 15 is 0 Å². The maximum Gasteiger partial charge on any atom is 0.122 e. The summed E-state index contributed by atoms with van der Waals surface area (Å²) < 4.78 is 16.5. The first-order valence-electron chi connectivity index (χ1n) is 9.32.